The van der Waals surface area contributed by atoms with Crippen LogP contribution in [-0.4, -0.2) is 22.4 Å². The van der Waals surface area contributed by atoms with Gasteiger partial charge in [-0.1, -0.05) is 49.3 Å². The smallest absolute Gasteiger partial charge is 0.105 e. The lowest BCUT2D eigenvalue weighted by Gasteiger charge is -2.24. The van der Waals surface area contributed by atoms with Crippen molar-refractivity contribution in [1.29, 1.82) is 0 Å². The SMILES string of the molecule is C/C1=C/C=C(\C(C)C)[C@@H](O)[C@H](O)/C(C)=C/CC/C(C)=C/CC1. The van der Waals surface area contributed by atoms with Gasteiger partial charge in [0.1, 0.15) is 12.2 Å². The highest BCUT2D eigenvalue weighted by Crippen LogP contribution is 2.22. The van der Waals surface area contributed by atoms with Gasteiger partial charge in [0.15, 0.2) is 0 Å². The molecular formula is C20H32O2. The van der Waals surface area contributed by atoms with E-state index in [4.69, 9.17) is 0 Å². The predicted molar refractivity (Wildman–Crippen MR) is 94.7 cm³/mol. The second-order valence-electron chi connectivity index (χ2n) is 6.80. The Morgan fingerprint density at radius 2 is 1.45 bits per heavy atom. The number of aliphatic hydroxyl groups is 2. The lowest BCUT2D eigenvalue weighted by molar-refractivity contribution is 0.0603. The number of allylic oxidation sites excluding steroid dienone is 6. The molecule has 0 aromatic rings. The molecule has 0 spiro atoms. The molecule has 0 saturated heterocycles. The van der Waals surface area contributed by atoms with Crippen LogP contribution in [-0.2, 0) is 0 Å². The molecule has 1 rings (SSSR count). The minimum absolute atomic E-state index is 0.205. The van der Waals surface area contributed by atoms with Gasteiger partial charge in [-0.05, 0) is 63.5 Å². The van der Waals surface area contributed by atoms with Crippen LogP contribution in [0.3, 0.4) is 0 Å². The van der Waals surface area contributed by atoms with Crippen molar-refractivity contribution in [2.24, 2.45) is 5.92 Å². The molecule has 0 saturated carbocycles. The van der Waals surface area contributed by atoms with Crippen LogP contribution in [0.5, 0.6) is 0 Å². The van der Waals surface area contributed by atoms with Crippen molar-refractivity contribution in [3.63, 3.8) is 0 Å². The van der Waals surface area contributed by atoms with Crippen LogP contribution in [0.1, 0.15) is 60.3 Å². The lowest BCUT2D eigenvalue weighted by Crippen LogP contribution is -2.30. The maximum absolute atomic E-state index is 10.5. The molecule has 1 aliphatic rings. The first-order chi connectivity index (χ1) is 10.3. The van der Waals surface area contributed by atoms with Crippen LogP contribution in [0, 0.1) is 5.92 Å². The van der Waals surface area contributed by atoms with E-state index in [1.54, 1.807) is 0 Å². The highest BCUT2D eigenvalue weighted by molar-refractivity contribution is 5.25. The molecule has 22 heavy (non-hydrogen) atoms. The summed E-state index contributed by atoms with van der Waals surface area (Å²) in [5, 5.41) is 20.9. The van der Waals surface area contributed by atoms with E-state index < -0.39 is 12.2 Å². The molecule has 0 bridgehead atoms. The summed E-state index contributed by atoms with van der Waals surface area (Å²) in [6.45, 7) is 10.3. The molecule has 0 fully saturated rings. The molecule has 2 heteroatoms. The normalized spacial score (nSPS) is 35.3. The molecule has 0 heterocycles. The van der Waals surface area contributed by atoms with Crippen molar-refractivity contribution in [3.05, 3.63) is 46.6 Å². The summed E-state index contributed by atoms with van der Waals surface area (Å²) in [4.78, 5) is 0. The zero-order chi connectivity index (χ0) is 16.7. The maximum Gasteiger partial charge on any atom is 0.105 e. The van der Waals surface area contributed by atoms with Gasteiger partial charge in [-0.2, -0.15) is 0 Å². The van der Waals surface area contributed by atoms with E-state index >= 15 is 0 Å². The van der Waals surface area contributed by atoms with E-state index in [1.165, 1.54) is 11.1 Å². The van der Waals surface area contributed by atoms with Crippen LogP contribution < -0.4 is 0 Å². The highest BCUT2D eigenvalue weighted by Gasteiger charge is 2.23. The molecule has 124 valence electrons. The van der Waals surface area contributed by atoms with Crippen LogP contribution >= 0.6 is 0 Å². The first-order valence-electron chi connectivity index (χ1n) is 8.38. The van der Waals surface area contributed by atoms with Crippen LogP contribution in [0.4, 0.5) is 0 Å². The number of aliphatic hydroxyl groups excluding tert-OH is 2. The van der Waals surface area contributed by atoms with Crippen LogP contribution in [0.15, 0.2) is 46.6 Å². The Balaban J connectivity index is 3.13. The van der Waals surface area contributed by atoms with Crippen LogP contribution in [0.2, 0.25) is 0 Å². The number of hydrogen-bond acceptors (Lipinski definition) is 2. The Bertz CT molecular complexity index is 478. The summed E-state index contributed by atoms with van der Waals surface area (Å²) in [5.74, 6) is 0.205. The highest BCUT2D eigenvalue weighted by atomic mass is 16.3. The Morgan fingerprint density at radius 1 is 0.864 bits per heavy atom. The Hall–Kier alpha value is -1.12. The van der Waals surface area contributed by atoms with Gasteiger partial charge in [-0.15, -0.1) is 0 Å². The molecule has 2 nitrogen and oxygen atoms in total. The van der Waals surface area contributed by atoms with Gasteiger partial charge in [0.05, 0.1) is 0 Å². The fourth-order valence-electron chi connectivity index (χ4n) is 2.68. The Labute approximate surface area is 135 Å². The van der Waals surface area contributed by atoms with Crippen molar-refractivity contribution < 1.29 is 10.2 Å². The van der Waals surface area contributed by atoms with E-state index in [9.17, 15) is 10.2 Å². The minimum Gasteiger partial charge on any atom is -0.386 e. The minimum atomic E-state index is -0.833. The van der Waals surface area contributed by atoms with E-state index in [-0.39, 0.29) is 5.92 Å². The molecule has 2 atom stereocenters. The van der Waals surface area contributed by atoms with Crippen molar-refractivity contribution in [3.8, 4) is 0 Å². The molecule has 0 amide bonds. The summed E-state index contributed by atoms with van der Waals surface area (Å²) < 4.78 is 0. The van der Waals surface area contributed by atoms with Gasteiger partial charge in [-0.3, -0.25) is 0 Å². The molecule has 0 radical (unpaired) electrons. The summed E-state index contributed by atoms with van der Waals surface area (Å²) in [6.07, 6.45) is 10.8. The molecule has 2 N–H and O–H groups in total. The quantitative estimate of drug-likeness (QED) is 0.689. The second-order valence-corrected chi connectivity index (χ2v) is 6.80. The third-order valence-electron chi connectivity index (χ3n) is 4.37. The van der Waals surface area contributed by atoms with Crippen molar-refractivity contribution in [2.75, 3.05) is 0 Å². The van der Waals surface area contributed by atoms with Gasteiger partial charge >= 0.3 is 0 Å². The monoisotopic (exact) mass is 304 g/mol. The Kier molecular flexibility index (Phi) is 7.84. The van der Waals surface area contributed by atoms with E-state index in [1.807, 2.05) is 13.0 Å². The van der Waals surface area contributed by atoms with Crippen LogP contribution in [0.25, 0.3) is 0 Å². The second kappa shape index (κ2) is 9.12. The zero-order valence-corrected chi connectivity index (χ0v) is 14.8. The fraction of sp³-hybridized carbons (Fsp3) is 0.600. The van der Waals surface area contributed by atoms with Gasteiger partial charge in [0.25, 0.3) is 0 Å². The van der Waals surface area contributed by atoms with E-state index in [0.29, 0.717) is 0 Å². The lowest BCUT2D eigenvalue weighted by atomic mass is 9.90. The van der Waals surface area contributed by atoms with E-state index in [0.717, 1.165) is 36.8 Å². The average Bonchev–Trinajstić information content (AvgIpc) is 2.45. The summed E-state index contributed by atoms with van der Waals surface area (Å²) in [7, 11) is 0. The molecular weight excluding hydrogens is 272 g/mol. The topological polar surface area (TPSA) is 40.5 Å². The summed E-state index contributed by atoms with van der Waals surface area (Å²) >= 11 is 0. The zero-order valence-electron chi connectivity index (χ0n) is 14.8. The summed E-state index contributed by atoms with van der Waals surface area (Å²) in [6, 6.07) is 0. The molecule has 0 aliphatic heterocycles. The predicted octanol–water partition coefficient (Wildman–Crippen LogP) is 4.70. The molecule has 0 unspecified atom stereocenters. The Morgan fingerprint density at radius 3 is 2.09 bits per heavy atom. The van der Waals surface area contributed by atoms with Gasteiger partial charge in [0.2, 0.25) is 0 Å². The van der Waals surface area contributed by atoms with Crippen molar-refractivity contribution in [2.45, 2.75) is 72.5 Å². The van der Waals surface area contributed by atoms with E-state index in [2.05, 4.69) is 45.9 Å². The molecule has 0 aromatic heterocycles. The number of hydrogen-bond donors (Lipinski definition) is 2. The van der Waals surface area contributed by atoms with Crippen molar-refractivity contribution >= 4 is 0 Å². The largest absolute Gasteiger partial charge is 0.386 e. The third-order valence-corrected chi connectivity index (χ3v) is 4.37. The summed E-state index contributed by atoms with van der Waals surface area (Å²) in [5.41, 5.74) is 4.43. The first kappa shape index (κ1) is 18.9. The standard InChI is InChI=1S/C20H32O2/c1-14(2)18-13-12-16(4)9-6-8-15(3)10-7-11-17(5)19(21)20(18)22/h8,11-14,19-22H,6-7,9-10H2,1-5H3/b15-8+,16-12-,17-11+,18-13+/t19-,20-/m1/s1. The first-order valence-corrected chi connectivity index (χ1v) is 8.38. The average molecular weight is 304 g/mol. The van der Waals surface area contributed by atoms with Gasteiger partial charge in [-0.25, -0.2) is 0 Å². The fourth-order valence-corrected chi connectivity index (χ4v) is 2.68. The maximum atomic E-state index is 10.5. The van der Waals surface area contributed by atoms with Crippen molar-refractivity contribution in [1.82, 2.24) is 0 Å². The molecule has 0 aromatic carbocycles. The van der Waals surface area contributed by atoms with Gasteiger partial charge in [0, 0.05) is 0 Å². The molecule has 1 aliphatic carbocycles. The third kappa shape index (κ3) is 5.94. The number of rotatable bonds is 1. The van der Waals surface area contributed by atoms with Gasteiger partial charge < -0.3 is 10.2 Å².